The summed E-state index contributed by atoms with van der Waals surface area (Å²) >= 11 is 0. The lowest BCUT2D eigenvalue weighted by Crippen LogP contribution is -2.47. The molecule has 0 bridgehead atoms. The lowest BCUT2D eigenvalue weighted by Gasteiger charge is -2.25. The molecule has 0 fully saturated rings. The van der Waals surface area contributed by atoms with E-state index in [2.05, 4.69) is 5.32 Å². The number of carbonyl (C=O) groups excluding carboxylic acids is 2. The molecule has 1 aliphatic heterocycles. The quantitative estimate of drug-likeness (QED) is 0.899. The molecule has 2 amide bonds. The van der Waals surface area contributed by atoms with Crippen LogP contribution in [0.15, 0.2) is 53.4 Å². The number of likely N-dealkylation sites (N-methyl/N-ethyl adjacent to an activating group) is 1. The molecule has 0 aliphatic carbocycles. The minimum absolute atomic E-state index is 0.0416. The van der Waals surface area contributed by atoms with E-state index in [0.29, 0.717) is 12.1 Å². The molecule has 7 heteroatoms. The van der Waals surface area contributed by atoms with Crippen LogP contribution in [0.25, 0.3) is 0 Å². The number of sulfone groups is 1. The zero-order valence-electron chi connectivity index (χ0n) is 13.9. The van der Waals surface area contributed by atoms with Gasteiger partial charge in [0.2, 0.25) is 5.91 Å². The smallest absolute Gasteiger partial charge is 0.260 e. The van der Waals surface area contributed by atoms with Crippen molar-refractivity contribution in [1.82, 2.24) is 5.32 Å². The van der Waals surface area contributed by atoms with E-state index in [1.54, 1.807) is 24.3 Å². The third-order valence-corrected chi connectivity index (χ3v) is 5.42. The highest BCUT2D eigenvalue weighted by Gasteiger charge is 2.39. The van der Waals surface area contributed by atoms with Crippen LogP contribution < -0.4 is 10.2 Å². The molecule has 0 spiro atoms. The molecule has 3 rings (SSSR count). The Hall–Kier alpha value is -2.67. The Balaban J connectivity index is 2.13. The molecular formula is C18H18N2O4S. The molecule has 25 heavy (non-hydrogen) atoms. The lowest BCUT2D eigenvalue weighted by atomic mass is 10.1. The summed E-state index contributed by atoms with van der Waals surface area (Å²) in [5.41, 5.74) is 1.57. The molecule has 6 nitrogen and oxygen atoms in total. The van der Waals surface area contributed by atoms with Crippen molar-refractivity contribution in [3.8, 4) is 0 Å². The maximum atomic E-state index is 13.2. The summed E-state index contributed by atoms with van der Waals surface area (Å²) < 4.78 is 24.1. The topological polar surface area (TPSA) is 83.6 Å². The molecule has 2 aromatic carbocycles. The molecule has 1 aliphatic rings. The molecule has 1 N–H and O–H groups in total. The van der Waals surface area contributed by atoms with Gasteiger partial charge in [0.1, 0.15) is 6.04 Å². The van der Waals surface area contributed by atoms with Crippen molar-refractivity contribution in [3.63, 3.8) is 0 Å². The van der Waals surface area contributed by atoms with Crippen molar-refractivity contribution < 1.29 is 18.0 Å². The highest BCUT2D eigenvalue weighted by molar-refractivity contribution is 7.90. The first-order valence-electron chi connectivity index (χ1n) is 7.76. The zero-order chi connectivity index (χ0) is 18.2. The van der Waals surface area contributed by atoms with Crippen molar-refractivity contribution in [3.05, 3.63) is 59.7 Å². The number of rotatable bonds is 3. The molecule has 1 heterocycles. The third kappa shape index (κ3) is 3.02. The zero-order valence-corrected chi connectivity index (χ0v) is 14.7. The number of nitrogens with zero attached hydrogens (tertiary/aromatic N) is 1. The summed E-state index contributed by atoms with van der Waals surface area (Å²) in [6, 6.07) is 12.6. The second kappa shape index (κ2) is 6.33. The van der Waals surface area contributed by atoms with Gasteiger partial charge in [0.15, 0.2) is 9.84 Å². The fraction of sp³-hybridized carbons (Fsp3) is 0.222. The first-order valence-corrected chi connectivity index (χ1v) is 9.66. The average Bonchev–Trinajstić information content (AvgIpc) is 2.99. The van der Waals surface area contributed by atoms with Gasteiger partial charge in [-0.15, -0.1) is 0 Å². The molecule has 130 valence electrons. The fourth-order valence-electron chi connectivity index (χ4n) is 3.11. The van der Waals surface area contributed by atoms with Crippen LogP contribution in [0, 0.1) is 0 Å². The normalized spacial score (nSPS) is 16.4. The average molecular weight is 358 g/mol. The Morgan fingerprint density at radius 2 is 1.72 bits per heavy atom. The third-order valence-electron chi connectivity index (χ3n) is 4.26. The Bertz CT molecular complexity index is 953. The summed E-state index contributed by atoms with van der Waals surface area (Å²) in [6.07, 6.45) is 1.45. The molecular weight excluding hydrogens is 340 g/mol. The summed E-state index contributed by atoms with van der Waals surface area (Å²) in [6.45, 7) is 0. The van der Waals surface area contributed by atoms with Crippen LogP contribution >= 0.6 is 0 Å². The van der Waals surface area contributed by atoms with Gasteiger partial charge in [-0.2, -0.15) is 0 Å². The van der Waals surface area contributed by atoms with Crippen LogP contribution in [0.5, 0.6) is 0 Å². The largest absolute Gasteiger partial charge is 0.357 e. The van der Waals surface area contributed by atoms with E-state index in [1.807, 2.05) is 12.1 Å². The van der Waals surface area contributed by atoms with Crippen molar-refractivity contribution in [2.45, 2.75) is 17.4 Å². The number of benzene rings is 2. The Morgan fingerprint density at radius 3 is 2.40 bits per heavy atom. The maximum absolute atomic E-state index is 13.2. The number of hydrogen-bond donors (Lipinski definition) is 1. The first-order chi connectivity index (χ1) is 11.8. The van der Waals surface area contributed by atoms with E-state index in [-0.39, 0.29) is 16.4 Å². The number of hydrogen-bond acceptors (Lipinski definition) is 4. The minimum atomic E-state index is -3.58. The van der Waals surface area contributed by atoms with Gasteiger partial charge in [0.05, 0.1) is 10.5 Å². The Labute approximate surface area is 146 Å². The van der Waals surface area contributed by atoms with Gasteiger partial charge >= 0.3 is 0 Å². The summed E-state index contributed by atoms with van der Waals surface area (Å²) in [4.78, 5) is 26.8. The fourth-order valence-corrected chi connectivity index (χ4v) is 3.99. The number of fused-ring (bicyclic) bond motifs is 1. The number of carbonyl (C=O) groups is 2. The van der Waals surface area contributed by atoms with Gasteiger partial charge in [-0.05, 0) is 23.8 Å². The predicted octanol–water partition coefficient (Wildman–Crippen LogP) is 1.41. The molecule has 0 radical (unpaired) electrons. The van der Waals surface area contributed by atoms with E-state index in [0.717, 1.165) is 11.8 Å². The highest BCUT2D eigenvalue weighted by atomic mass is 32.2. The van der Waals surface area contributed by atoms with Crippen LogP contribution in [0.1, 0.15) is 15.9 Å². The van der Waals surface area contributed by atoms with Gasteiger partial charge in [-0.25, -0.2) is 8.42 Å². The van der Waals surface area contributed by atoms with Gasteiger partial charge in [-0.1, -0.05) is 30.3 Å². The molecule has 2 aromatic rings. The number of para-hydroxylation sites is 1. The van der Waals surface area contributed by atoms with Gasteiger partial charge in [0, 0.05) is 25.4 Å². The SMILES string of the molecule is CNC(=O)[C@@H]1Cc2ccccc2N1C(=O)c1ccccc1S(C)(=O)=O. The van der Waals surface area contributed by atoms with Crippen molar-refractivity contribution >= 4 is 27.3 Å². The number of nitrogens with one attached hydrogen (secondary N) is 1. The van der Waals surface area contributed by atoms with Crippen LogP contribution in [0.3, 0.4) is 0 Å². The van der Waals surface area contributed by atoms with E-state index >= 15 is 0 Å². The van der Waals surface area contributed by atoms with Crippen molar-refractivity contribution in [2.75, 3.05) is 18.2 Å². The van der Waals surface area contributed by atoms with E-state index in [1.165, 1.54) is 24.1 Å². The van der Waals surface area contributed by atoms with Gasteiger partial charge in [-0.3, -0.25) is 14.5 Å². The first kappa shape index (κ1) is 17.2. The van der Waals surface area contributed by atoms with Crippen molar-refractivity contribution in [1.29, 1.82) is 0 Å². The van der Waals surface area contributed by atoms with Gasteiger partial charge in [0.25, 0.3) is 5.91 Å². The van der Waals surface area contributed by atoms with E-state index in [9.17, 15) is 18.0 Å². The van der Waals surface area contributed by atoms with Crippen molar-refractivity contribution in [2.24, 2.45) is 0 Å². The van der Waals surface area contributed by atoms with Gasteiger partial charge < -0.3 is 5.32 Å². The van der Waals surface area contributed by atoms with Crippen LogP contribution in [0.2, 0.25) is 0 Å². The number of amides is 2. The minimum Gasteiger partial charge on any atom is -0.357 e. The second-order valence-corrected chi connectivity index (χ2v) is 7.89. The summed E-state index contributed by atoms with van der Waals surface area (Å²) in [5, 5.41) is 2.57. The summed E-state index contributed by atoms with van der Waals surface area (Å²) in [7, 11) is -2.06. The van der Waals surface area contributed by atoms with Crippen LogP contribution in [0.4, 0.5) is 5.69 Å². The van der Waals surface area contributed by atoms with Crippen LogP contribution in [-0.2, 0) is 21.1 Å². The summed E-state index contributed by atoms with van der Waals surface area (Å²) in [5.74, 6) is -0.791. The van der Waals surface area contributed by atoms with E-state index in [4.69, 9.17) is 0 Å². The van der Waals surface area contributed by atoms with Crippen LogP contribution in [-0.4, -0.2) is 39.6 Å². The molecule has 0 saturated carbocycles. The number of anilines is 1. The van der Waals surface area contributed by atoms with E-state index < -0.39 is 21.8 Å². The second-order valence-electron chi connectivity index (χ2n) is 5.91. The molecule has 0 saturated heterocycles. The Morgan fingerprint density at radius 1 is 1.08 bits per heavy atom. The lowest BCUT2D eigenvalue weighted by molar-refractivity contribution is -0.121. The standard InChI is InChI=1S/C18H18N2O4S/c1-19-17(21)15-11-12-7-3-5-9-14(12)20(15)18(22)13-8-4-6-10-16(13)25(2,23)24/h3-10,15H,11H2,1-2H3,(H,19,21)/t15-/m0/s1. The molecule has 0 unspecified atom stereocenters. The molecule has 1 atom stereocenters. The Kier molecular flexibility index (Phi) is 4.34. The monoisotopic (exact) mass is 358 g/mol. The highest BCUT2D eigenvalue weighted by Crippen LogP contribution is 2.34. The predicted molar refractivity (Wildman–Crippen MR) is 94.4 cm³/mol. The maximum Gasteiger partial charge on any atom is 0.260 e. The molecule has 0 aromatic heterocycles.